The average molecular weight is 453 g/mol. The van der Waals surface area contributed by atoms with Crippen LogP contribution in [-0.4, -0.2) is 56.1 Å². The van der Waals surface area contributed by atoms with Crippen LogP contribution in [0.5, 0.6) is 0 Å². The Balaban J connectivity index is 1.54. The molecule has 4 aliphatic rings. The van der Waals surface area contributed by atoms with E-state index in [4.69, 9.17) is 0 Å². The summed E-state index contributed by atoms with van der Waals surface area (Å²) in [5, 5.41) is 53.7. The second-order valence-corrected chi connectivity index (χ2v) is 12.9. The third kappa shape index (κ3) is 3.69. The van der Waals surface area contributed by atoms with Gasteiger partial charge in [-0.3, -0.25) is 0 Å². The molecule has 4 saturated carbocycles. The number of hydrogen-bond acceptors (Lipinski definition) is 5. The van der Waals surface area contributed by atoms with Crippen molar-refractivity contribution >= 4 is 0 Å². The Hall–Kier alpha value is -0.200. The summed E-state index contributed by atoms with van der Waals surface area (Å²) in [4.78, 5) is 0. The standard InChI is InChI=1S/C27H48O5/c1-16(15-28)6-5-7-17(2)21-13-22(30)24-19-12-23(31)27(32)14-18(29)8-11-26(27,4)20(19)9-10-25(21,24)3/h16-24,28-32H,5-15H2,1-4H3/t16-,17+,18-,19?,20?,21+,22-,23+,24?,25+,26+,27-/m0/s1. The summed E-state index contributed by atoms with van der Waals surface area (Å²) in [6.07, 6.45) is 6.78. The molecule has 0 bridgehead atoms. The van der Waals surface area contributed by atoms with E-state index < -0.39 is 23.2 Å². The molecule has 0 radical (unpaired) electrons. The molecule has 4 aliphatic carbocycles. The summed E-state index contributed by atoms with van der Waals surface area (Å²) in [6, 6.07) is 0. The molecule has 5 heteroatoms. The topological polar surface area (TPSA) is 101 Å². The number of fused-ring (bicyclic) bond motifs is 5. The van der Waals surface area contributed by atoms with Gasteiger partial charge in [-0.15, -0.1) is 0 Å². The van der Waals surface area contributed by atoms with Crippen molar-refractivity contribution in [2.45, 2.75) is 116 Å². The first-order chi connectivity index (χ1) is 15.0. The van der Waals surface area contributed by atoms with Gasteiger partial charge in [0.1, 0.15) is 0 Å². The molecule has 5 nitrogen and oxygen atoms in total. The van der Waals surface area contributed by atoms with E-state index in [-0.39, 0.29) is 42.3 Å². The van der Waals surface area contributed by atoms with E-state index in [1.165, 1.54) is 0 Å². The molecule has 5 N–H and O–H groups in total. The van der Waals surface area contributed by atoms with Crippen molar-refractivity contribution < 1.29 is 25.5 Å². The van der Waals surface area contributed by atoms with Crippen molar-refractivity contribution in [2.75, 3.05) is 6.61 Å². The Kier molecular flexibility index (Phi) is 6.84. The Labute approximate surface area is 194 Å². The molecule has 12 atom stereocenters. The maximum absolute atomic E-state index is 11.6. The fourth-order valence-corrected chi connectivity index (χ4v) is 9.34. The highest BCUT2D eigenvalue weighted by Crippen LogP contribution is 2.69. The summed E-state index contributed by atoms with van der Waals surface area (Å²) < 4.78 is 0. The minimum atomic E-state index is -1.22. The monoisotopic (exact) mass is 452 g/mol. The predicted molar refractivity (Wildman–Crippen MR) is 125 cm³/mol. The van der Waals surface area contributed by atoms with Crippen LogP contribution in [0.15, 0.2) is 0 Å². The molecule has 0 aromatic rings. The van der Waals surface area contributed by atoms with Crippen LogP contribution in [0.2, 0.25) is 0 Å². The number of aliphatic hydroxyl groups is 5. The van der Waals surface area contributed by atoms with Crippen LogP contribution >= 0.6 is 0 Å². The Morgan fingerprint density at radius 2 is 1.69 bits per heavy atom. The molecule has 0 amide bonds. The lowest BCUT2D eigenvalue weighted by atomic mass is 9.42. The van der Waals surface area contributed by atoms with Crippen molar-refractivity contribution in [2.24, 2.45) is 46.3 Å². The lowest BCUT2D eigenvalue weighted by molar-refractivity contribution is -0.268. The van der Waals surface area contributed by atoms with Gasteiger partial charge in [0.25, 0.3) is 0 Å². The van der Waals surface area contributed by atoms with Crippen LogP contribution < -0.4 is 0 Å². The third-order valence-corrected chi connectivity index (χ3v) is 11.2. The molecule has 4 rings (SSSR count). The summed E-state index contributed by atoms with van der Waals surface area (Å²) in [7, 11) is 0. The SMILES string of the molecule is C[C@H](CO)CCC[C@@H](C)[C@H]1C[C@H](O)C2C3C[C@@H](O)[C@@]4(O)C[C@@H](O)CC[C@]4(C)C3CC[C@@]21C. The Bertz CT molecular complexity index is 670. The fourth-order valence-electron chi connectivity index (χ4n) is 9.34. The second kappa shape index (κ2) is 8.78. The molecule has 0 heterocycles. The largest absolute Gasteiger partial charge is 0.396 e. The Morgan fingerprint density at radius 1 is 0.969 bits per heavy atom. The van der Waals surface area contributed by atoms with E-state index in [2.05, 4.69) is 27.7 Å². The first-order valence-corrected chi connectivity index (χ1v) is 13.4. The minimum Gasteiger partial charge on any atom is -0.396 e. The summed E-state index contributed by atoms with van der Waals surface area (Å²) in [6.45, 7) is 9.24. The zero-order chi connectivity index (χ0) is 23.5. The van der Waals surface area contributed by atoms with E-state index in [0.717, 1.165) is 44.9 Å². The second-order valence-electron chi connectivity index (χ2n) is 12.9. The van der Waals surface area contributed by atoms with Gasteiger partial charge in [0.2, 0.25) is 0 Å². The first kappa shape index (κ1) is 24.9. The molecule has 0 aromatic heterocycles. The molecule has 32 heavy (non-hydrogen) atoms. The van der Waals surface area contributed by atoms with Crippen LogP contribution in [0, 0.1) is 46.3 Å². The normalized spacial score (nSPS) is 52.6. The van der Waals surface area contributed by atoms with Crippen molar-refractivity contribution in [3.63, 3.8) is 0 Å². The maximum Gasteiger partial charge on any atom is 0.0985 e. The van der Waals surface area contributed by atoms with Crippen LogP contribution in [-0.2, 0) is 0 Å². The average Bonchev–Trinajstić information content (AvgIpc) is 3.01. The van der Waals surface area contributed by atoms with Crippen LogP contribution in [0.1, 0.15) is 91.9 Å². The predicted octanol–water partition coefficient (Wildman–Crippen LogP) is 3.50. The van der Waals surface area contributed by atoms with Crippen LogP contribution in [0.4, 0.5) is 0 Å². The highest BCUT2D eigenvalue weighted by molar-refractivity contribution is 5.18. The quantitative estimate of drug-likeness (QED) is 0.425. The first-order valence-electron chi connectivity index (χ1n) is 13.4. The van der Waals surface area contributed by atoms with E-state index >= 15 is 0 Å². The molecule has 0 aliphatic heterocycles. The molecular formula is C27H48O5. The lowest BCUT2D eigenvalue weighted by Crippen LogP contribution is -2.69. The number of aliphatic hydroxyl groups excluding tert-OH is 4. The summed E-state index contributed by atoms with van der Waals surface area (Å²) in [5.41, 5.74) is -1.55. The third-order valence-electron chi connectivity index (χ3n) is 11.2. The minimum absolute atomic E-state index is 0.0717. The zero-order valence-corrected chi connectivity index (χ0v) is 20.7. The van der Waals surface area contributed by atoms with Gasteiger partial charge < -0.3 is 25.5 Å². The van der Waals surface area contributed by atoms with Crippen molar-refractivity contribution in [1.82, 2.24) is 0 Å². The van der Waals surface area contributed by atoms with E-state index in [1.807, 2.05) is 0 Å². The van der Waals surface area contributed by atoms with Crippen LogP contribution in [0.25, 0.3) is 0 Å². The van der Waals surface area contributed by atoms with Gasteiger partial charge in [0.05, 0.1) is 23.9 Å². The van der Waals surface area contributed by atoms with Gasteiger partial charge in [0.15, 0.2) is 0 Å². The van der Waals surface area contributed by atoms with Gasteiger partial charge in [-0.1, -0.05) is 40.5 Å². The molecule has 4 fully saturated rings. The van der Waals surface area contributed by atoms with E-state index in [0.29, 0.717) is 30.6 Å². The summed E-state index contributed by atoms with van der Waals surface area (Å²) >= 11 is 0. The van der Waals surface area contributed by atoms with Crippen molar-refractivity contribution in [3.8, 4) is 0 Å². The van der Waals surface area contributed by atoms with Gasteiger partial charge in [-0.25, -0.2) is 0 Å². The highest BCUT2D eigenvalue weighted by Gasteiger charge is 2.68. The van der Waals surface area contributed by atoms with E-state index in [9.17, 15) is 25.5 Å². The molecular weight excluding hydrogens is 404 g/mol. The van der Waals surface area contributed by atoms with E-state index in [1.54, 1.807) is 0 Å². The molecule has 0 saturated heterocycles. The van der Waals surface area contributed by atoms with Gasteiger partial charge >= 0.3 is 0 Å². The maximum atomic E-state index is 11.6. The molecule has 0 spiro atoms. The summed E-state index contributed by atoms with van der Waals surface area (Å²) in [5.74, 6) is 2.06. The van der Waals surface area contributed by atoms with Gasteiger partial charge in [-0.05, 0) is 85.9 Å². The fraction of sp³-hybridized carbons (Fsp3) is 1.00. The van der Waals surface area contributed by atoms with Gasteiger partial charge in [-0.2, -0.15) is 0 Å². The number of hydrogen-bond donors (Lipinski definition) is 5. The zero-order valence-electron chi connectivity index (χ0n) is 20.7. The van der Waals surface area contributed by atoms with Crippen LogP contribution in [0.3, 0.4) is 0 Å². The Morgan fingerprint density at radius 3 is 2.38 bits per heavy atom. The molecule has 3 unspecified atom stereocenters. The molecule has 186 valence electrons. The van der Waals surface area contributed by atoms with Crippen molar-refractivity contribution in [1.29, 1.82) is 0 Å². The smallest absolute Gasteiger partial charge is 0.0985 e. The van der Waals surface area contributed by atoms with Gasteiger partial charge in [0, 0.05) is 18.4 Å². The van der Waals surface area contributed by atoms with Crippen molar-refractivity contribution in [3.05, 3.63) is 0 Å². The highest BCUT2D eigenvalue weighted by atomic mass is 16.3. The molecule has 0 aromatic carbocycles. The number of rotatable bonds is 6. The lowest BCUT2D eigenvalue weighted by Gasteiger charge is -2.65.